The third-order valence-corrected chi connectivity index (χ3v) is 7.40. The molecular formula is C24H41NO4S. The lowest BCUT2D eigenvalue weighted by atomic mass is 10.0. The summed E-state index contributed by atoms with van der Waals surface area (Å²) in [6.07, 6.45) is 17.2. The minimum Gasteiger partial charge on any atom is -0.465 e. The van der Waals surface area contributed by atoms with Crippen molar-refractivity contribution in [2.45, 2.75) is 102 Å². The number of unbranched alkanes of at least 4 members (excludes halogenated alkanes) is 13. The van der Waals surface area contributed by atoms with Gasteiger partial charge in [0.2, 0.25) is 0 Å². The van der Waals surface area contributed by atoms with Crippen LogP contribution in [0.15, 0.2) is 23.1 Å². The molecule has 1 aromatic carbocycles. The predicted molar refractivity (Wildman–Crippen MR) is 125 cm³/mol. The molecular weight excluding hydrogens is 398 g/mol. The van der Waals surface area contributed by atoms with Gasteiger partial charge in [0.05, 0.1) is 29.0 Å². The summed E-state index contributed by atoms with van der Waals surface area (Å²) in [5, 5.41) is 0. The van der Waals surface area contributed by atoms with E-state index in [9.17, 15) is 13.2 Å². The number of hydrogen-bond donors (Lipinski definition) is 1. The molecule has 0 aromatic heterocycles. The number of nitrogens with two attached hydrogens (primary N) is 1. The monoisotopic (exact) mass is 439 g/mol. The number of carbonyl (C=O) groups is 1. The van der Waals surface area contributed by atoms with E-state index in [-0.39, 0.29) is 21.9 Å². The fourth-order valence-corrected chi connectivity index (χ4v) is 5.17. The Morgan fingerprint density at radius 3 is 1.73 bits per heavy atom. The molecule has 2 N–H and O–H groups in total. The van der Waals surface area contributed by atoms with Crippen molar-refractivity contribution in [1.29, 1.82) is 0 Å². The van der Waals surface area contributed by atoms with Gasteiger partial charge in [0.1, 0.15) is 0 Å². The van der Waals surface area contributed by atoms with Crippen LogP contribution in [0, 0.1) is 0 Å². The Morgan fingerprint density at radius 1 is 0.833 bits per heavy atom. The van der Waals surface area contributed by atoms with Crippen LogP contribution >= 0.6 is 0 Å². The predicted octanol–water partition coefficient (Wildman–Crippen LogP) is 6.31. The second-order valence-corrected chi connectivity index (χ2v) is 10.2. The summed E-state index contributed by atoms with van der Waals surface area (Å²) < 4.78 is 29.7. The number of nitrogen functional groups attached to an aromatic ring is 1. The first kappa shape index (κ1) is 26.5. The van der Waals surface area contributed by atoms with Gasteiger partial charge in [0, 0.05) is 0 Å². The van der Waals surface area contributed by atoms with Crippen molar-refractivity contribution in [2.24, 2.45) is 0 Å². The van der Waals surface area contributed by atoms with E-state index in [1.807, 2.05) is 0 Å². The molecule has 0 amide bonds. The molecule has 0 bridgehead atoms. The Labute approximate surface area is 183 Å². The van der Waals surface area contributed by atoms with Crippen molar-refractivity contribution in [1.82, 2.24) is 0 Å². The van der Waals surface area contributed by atoms with Crippen molar-refractivity contribution < 1.29 is 17.9 Å². The lowest BCUT2D eigenvalue weighted by Gasteiger charge is -2.09. The van der Waals surface area contributed by atoms with Gasteiger partial charge >= 0.3 is 5.97 Å². The topological polar surface area (TPSA) is 86.5 Å². The highest BCUT2D eigenvalue weighted by molar-refractivity contribution is 7.91. The highest BCUT2D eigenvalue weighted by atomic mass is 32.2. The molecule has 0 aliphatic heterocycles. The first-order valence-electron chi connectivity index (χ1n) is 11.6. The normalized spacial score (nSPS) is 11.5. The lowest BCUT2D eigenvalue weighted by Crippen LogP contribution is -2.11. The number of benzene rings is 1. The van der Waals surface area contributed by atoms with E-state index >= 15 is 0 Å². The van der Waals surface area contributed by atoms with E-state index in [0.717, 1.165) is 12.8 Å². The maximum Gasteiger partial charge on any atom is 0.337 e. The zero-order chi connectivity index (χ0) is 22.2. The van der Waals surface area contributed by atoms with Crippen molar-refractivity contribution >= 4 is 21.5 Å². The highest BCUT2D eigenvalue weighted by Gasteiger charge is 2.19. The molecule has 0 saturated heterocycles. The van der Waals surface area contributed by atoms with Crippen LogP contribution < -0.4 is 5.73 Å². The number of esters is 1. The number of hydrogen-bond acceptors (Lipinski definition) is 5. The number of anilines is 1. The number of sulfone groups is 1. The van der Waals surface area contributed by atoms with E-state index in [1.54, 1.807) is 0 Å². The average Bonchev–Trinajstić information content (AvgIpc) is 2.73. The van der Waals surface area contributed by atoms with Gasteiger partial charge in [-0.3, -0.25) is 0 Å². The molecule has 5 nitrogen and oxygen atoms in total. The quantitative estimate of drug-likeness (QED) is 0.175. The van der Waals surface area contributed by atoms with Crippen molar-refractivity contribution in [3.63, 3.8) is 0 Å². The Balaban J connectivity index is 2.14. The molecule has 172 valence electrons. The van der Waals surface area contributed by atoms with Gasteiger partial charge in [-0.05, 0) is 24.6 Å². The molecule has 0 aliphatic rings. The molecule has 0 spiro atoms. The SMILES string of the molecule is CCCCCCCCCCCCCCCCS(=O)(=O)c1ccc(C(=O)OC)cc1N. The Hall–Kier alpha value is -1.56. The van der Waals surface area contributed by atoms with Gasteiger partial charge in [-0.2, -0.15) is 0 Å². The van der Waals surface area contributed by atoms with Crippen LogP contribution in [0.2, 0.25) is 0 Å². The molecule has 0 aliphatic carbocycles. The zero-order valence-electron chi connectivity index (χ0n) is 19.0. The van der Waals surface area contributed by atoms with E-state index < -0.39 is 15.8 Å². The summed E-state index contributed by atoms with van der Waals surface area (Å²) in [6, 6.07) is 4.21. The van der Waals surface area contributed by atoms with Crippen molar-refractivity contribution in [3.8, 4) is 0 Å². The number of methoxy groups -OCH3 is 1. The Bertz CT molecular complexity index is 716. The Morgan fingerprint density at radius 2 is 1.30 bits per heavy atom. The summed E-state index contributed by atoms with van der Waals surface area (Å²) >= 11 is 0. The summed E-state index contributed by atoms with van der Waals surface area (Å²) in [7, 11) is -2.16. The first-order chi connectivity index (χ1) is 14.4. The molecule has 1 aromatic rings. The van der Waals surface area contributed by atoms with Crippen LogP contribution in [0.5, 0.6) is 0 Å². The molecule has 0 heterocycles. The summed E-state index contributed by atoms with van der Waals surface area (Å²) in [6.45, 7) is 2.25. The minimum absolute atomic E-state index is 0.0901. The van der Waals surface area contributed by atoms with Crippen molar-refractivity contribution in [2.75, 3.05) is 18.6 Å². The number of rotatable bonds is 17. The molecule has 1 rings (SSSR count). The first-order valence-corrected chi connectivity index (χ1v) is 13.3. The zero-order valence-corrected chi connectivity index (χ0v) is 19.8. The third-order valence-electron chi connectivity index (χ3n) is 5.53. The fraction of sp³-hybridized carbons (Fsp3) is 0.708. The molecule has 0 saturated carbocycles. The van der Waals surface area contributed by atoms with Crippen LogP contribution in [0.4, 0.5) is 5.69 Å². The van der Waals surface area contributed by atoms with Crippen LogP contribution in [-0.2, 0) is 14.6 Å². The summed E-state index contributed by atoms with van der Waals surface area (Å²) in [5.74, 6) is -0.440. The molecule has 30 heavy (non-hydrogen) atoms. The van der Waals surface area contributed by atoms with Gasteiger partial charge in [0.25, 0.3) is 0 Å². The van der Waals surface area contributed by atoms with E-state index in [1.165, 1.54) is 95.9 Å². The number of carbonyl (C=O) groups excluding carboxylic acids is 1. The summed E-state index contributed by atoms with van der Waals surface area (Å²) in [4.78, 5) is 11.6. The largest absolute Gasteiger partial charge is 0.465 e. The standard InChI is InChI=1S/C24H41NO4S/c1-3-4-5-6-7-8-9-10-11-12-13-14-15-16-19-30(27,28)23-18-17-21(20-22(23)25)24(26)29-2/h17-18,20H,3-16,19,25H2,1-2H3. The van der Waals surface area contributed by atoms with Crippen LogP contribution in [0.1, 0.15) is 107 Å². The third kappa shape index (κ3) is 10.5. The van der Waals surface area contributed by atoms with Gasteiger partial charge in [-0.15, -0.1) is 0 Å². The molecule has 0 fully saturated rings. The van der Waals surface area contributed by atoms with E-state index in [2.05, 4.69) is 11.7 Å². The molecule has 6 heteroatoms. The van der Waals surface area contributed by atoms with Gasteiger partial charge in [-0.25, -0.2) is 13.2 Å². The van der Waals surface area contributed by atoms with Crippen LogP contribution in [0.25, 0.3) is 0 Å². The maximum atomic E-state index is 12.5. The summed E-state index contributed by atoms with van der Waals surface area (Å²) in [5.41, 5.74) is 6.22. The van der Waals surface area contributed by atoms with Gasteiger partial charge in [-0.1, -0.05) is 90.4 Å². The second-order valence-electron chi connectivity index (χ2n) is 8.16. The molecule has 0 atom stereocenters. The minimum atomic E-state index is -3.43. The second kappa shape index (κ2) is 15.3. The van der Waals surface area contributed by atoms with E-state index in [0.29, 0.717) is 6.42 Å². The van der Waals surface area contributed by atoms with Crippen molar-refractivity contribution in [3.05, 3.63) is 23.8 Å². The van der Waals surface area contributed by atoms with Gasteiger partial charge in [0.15, 0.2) is 9.84 Å². The van der Waals surface area contributed by atoms with Gasteiger partial charge < -0.3 is 10.5 Å². The van der Waals surface area contributed by atoms with Crippen LogP contribution in [0.3, 0.4) is 0 Å². The van der Waals surface area contributed by atoms with Crippen LogP contribution in [-0.4, -0.2) is 27.2 Å². The fourth-order valence-electron chi connectivity index (χ4n) is 3.67. The Kier molecular flexibility index (Phi) is 13.5. The highest BCUT2D eigenvalue weighted by Crippen LogP contribution is 2.23. The number of ether oxygens (including phenoxy) is 1. The lowest BCUT2D eigenvalue weighted by molar-refractivity contribution is 0.0600. The smallest absolute Gasteiger partial charge is 0.337 e. The van der Waals surface area contributed by atoms with E-state index in [4.69, 9.17) is 5.73 Å². The molecule has 0 radical (unpaired) electrons. The molecule has 0 unspecified atom stereocenters. The average molecular weight is 440 g/mol. The maximum absolute atomic E-state index is 12.5.